The Labute approximate surface area is 109 Å². The van der Waals surface area contributed by atoms with Crippen LogP contribution in [-0.4, -0.2) is 23.1 Å². The van der Waals surface area contributed by atoms with Crippen LogP contribution in [0.15, 0.2) is 36.7 Å². The summed E-state index contributed by atoms with van der Waals surface area (Å²) in [6.45, 7) is -2.28. The lowest BCUT2D eigenvalue weighted by molar-refractivity contribution is 0.297. The molecule has 0 fully saturated rings. The number of ether oxygens (including phenoxy) is 1. The van der Waals surface area contributed by atoms with Gasteiger partial charge in [0.25, 0.3) is 0 Å². The predicted octanol–water partition coefficient (Wildman–Crippen LogP) is 2.32. The number of rotatable bonds is 5. The number of benzene rings is 1. The normalized spacial score (nSPS) is 11.6. The fourth-order valence-electron chi connectivity index (χ4n) is 1.71. The van der Waals surface area contributed by atoms with Crippen molar-refractivity contribution in [3.8, 4) is 5.75 Å². The summed E-state index contributed by atoms with van der Waals surface area (Å²) in [6.07, 6.45) is 3.47. The largest absolute Gasteiger partial charge is 0.509 e. The average Bonchev–Trinajstić information content (AvgIpc) is 2.75. The van der Waals surface area contributed by atoms with Gasteiger partial charge in [0.2, 0.25) is 0 Å². The van der Waals surface area contributed by atoms with Gasteiger partial charge in [-0.3, -0.25) is 0 Å². The number of imidazole rings is 1. The van der Waals surface area contributed by atoms with Gasteiger partial charge in [-0.15, -0.1) is 5.46 Å². The van der Waals surface area contributed by atoms with Gasteiger partial charge in [0.05, 0.1) is 6.54 Å². The van der Waals surface area contributed by atoms with Crippen molar-refractivity contribution in [1.29, 1.82) is 0 Å². The molecule has 3 nitrogen and oxygen atoms in total. The Bertz CT molecular complexity index is 554. The summed E-state index contributed by atoms with van der Waals surface area (Å²) in [4.78, 5) is 4.05. The lowest BCUT2D eigenvalue weighted by atomic mass is 9.80. The van der Waals surface area contributed by atoms with Gasteiger partial charge < -0.3 is 22.3 Å². The van der Waals surface area contributed by atoms with Crippen LogP contribution < -0.4 is 10.2 Å². The van der Waals surface area contributed by atoms with Gasteiger partial charge in [-0.2, -0.15) is 0 Å². The van der Waals surface area contributed by atoms with Crippen LogP contribution >= 0.6 is 0 Å². The quantitative estimate of drug-likeness (QED) is 0.779. The molecule has 0 aliphatic heterocycles. The molecule has 19 heavy (non-hydrogen) atoms. The van der Waals surface area contributed by atoms with E-state index in [-0.39, 0.29) is 5.75 Å². The van der Waals surface area contributed by atoms with Crippen LogP contribution in [0, 0.1) is 6.92 Å². The standard InChI is InChI=1S/C12H13BF3N2O/c1-10-17-5-6-18(10)7-8-19-12-4-2-3-11(9-12)13(14,15)16/h2-6,9H,7-8H2,1H3/q-1. The van der Waals surface area contributed by atoms with Gasteiger partial charge in [-0.1, -0.05) is 12.1 Å². The predicted molar refractivity (Wildman–Crippen MR) is 67.6 cm³/mol. The molecule has 0 saturated heterocycles. The van der Waals surface area contributed by atoms with Crippen LogP contribution in [0.25, 0.3) is 0 Å². The van der Waals surface area contributed by atoms with Crippen molar-refractivity contribution >= 4 is 12.4 Å². The Morgan fingerprint density at radius 2 is 2.11 bits per heavy atom. The molecule has 0 bridgehead atoms. The number of hydrogen-bond donors (Lipinski definition) is 0. The lowest BCUT2D eigenvalue weighted by Crippen LogP contribution is -2.33. The number of halogens is 3. The molecule has 0 radical (unpaired) electrons. The molecule has 7 heteroatoms. The Balaban J connectivity index is 1.95. The van der Waals surface area contributed by atoms with Gasteiger partial charge in [0, 0.05) is 12.4 Å². The van der Waals surface area contributed by atoms with Crippen LogP contribution in [0.4, 0.5) is 12.9 Å². The topological polar surface area (TPSA) is 27.1 Å². The van der Waals surface area contributed by atoms with E-state index in [0.29, 0.717) is 13.2 Å². The number of aromatic nitrogens is 2. The molecule has 0 N–H and O–H groups in total. The van der Waals surface area contributed by atoms with Gasteiger partial charge in [-0.25, -0.2) is 4.98 Å². The van der Waals surface area contributed by atoms with Crippen molar-refractivity contribution < 1.29 is 17.7 Å². The highest BCUT2D eigenvalue weighted by Crippen LogP contribution is 2.14. The fourth-order valence-corrected chi connectivity index (χ4v) is 1.71. The summed E-state index contributed by atoms with van der Waals surface area (Å²) in [7, 11) is 0. The van der Waals surface area contributed by atoms with E-state index in [4.69, 9.17) is 4.74 Å². The van der Waals surface area contributed by atoms with E-state index >= 15 is 0 Å². The number of aryl methyl sites for hydroxylation is 1. The maximum absolute atomic E-state index is 12.6. The first kappa shape index (κ1) is 13.5. The molecule has 0 amide bonds. The molecule has 0 atom stereocenters. The first-order valence-electron chi connectivity index (χ1n) is 5.87. The minimum atomic E-state index is -4.98. The lowest BCUT2D eigenvalue weighted by Gasteiger charge is -2.16. The molecule has 1 aromatic carbocycles. The molecule has 2 rings (SSSR count). The van der Waals surface area contributed by atoms with E-state index in [9.17, 15) is 12.9 Å². The molecule has 1 aromatic heterocycles. The van der Waals surface area contributed by atoms with E-state index in [1.165, 1.54) is 12.1 Å². The Hall–Kier alpha value is -1.92. The minimum absolute atomic E-state index is 0.231. The van der Waals surface area contributed by atoms with Crippen LogP contribution in [0.2, 0.25) is 0 Å². The van der Waals surface area contributed by atoms with E-state index in [1.807, 2.05) is 11.5 Å². The van der Waals surface area contributed by atoms with Crippen LogP contribution in [0.5, 0.6) is 5.75 Å². The molecule has 1 heterocycles. The van der Waals surface area contributed by atoms with Gasteiger partial charge in [-0.05, 0) is 19.1 Å². The maximum Gasteiger partial charge on any atom is 0.509 e. The third kappa shape index (κ3) is 3.53. The summed E-state index contributed by atoms with van der Waals surface area (Å²) in [5.41, 5.74) is -0.642. The molecule has 0 aliphatic carbocycles. The van der Waals surface area contributed by atoms with E-state index in [2.05, 4.69) is 4.98 Å². The minimum Gasteiger partial charge on any atom is -0.492 e. The van der Waals surface area contributed by atoms with E-state index in [1.54, 1.807) is 12.4 Å². The van der Waals surface area contributed by atoms with Crippen molar-refractivity contribution in [1.82, 2.24) is 9.55 Å². The van der Waals surface area contributed by atoms with Gasteiger partial charge in [0.1, 0.15) is 18.2 Å². The van der Waals surface area contributed by atoms with Gasteiger partial charge >= 0.3 is 6.98 Å². The zero-order valence-electron chi connectivity index (χ0n) is 10.4. The van der Waals surface area contributed by atoms with E-state index in [0.717, 1.165) is 18.0 Å². The summed E-state index contributed by atoms with van der Waals surface area (Å²) < 4.78 is 44.9. The van der Waals surface area contributed by atoms with Crippen LogP contribution in [0.3, 0.4) is 0 Å². The zero-order chi connectivity index (χ0) is 13.9. The van der Waals surface area contributed by atoms with E-state index < -0.39 is 12.4 Å². The third-order valence-corrected chi connectivity index (χ3v) is 2.76. The zero-order valence-corrected chi connectivity index (χ0v) is 10.4. The fraction of sp³-hybridized carbons (Fsp3) is 0.250. The summed E-state index contributed by atoms with van der Waals surface area (Å²) >= 11 is 0. The van der Waals surface area contributed by atoms with Crippen molar-refractivity contribution in [2.45, 2.75) is 13.5 Å². The summed E-state index contributed by atoms with van der Waals surface area (Å²) in [5.74, 6) is 1.07. The Kier molecular flexibility index (Phi) is 3.83. The maximum atomic E-state index is 12.6. The van der Waals surface area contributed by atoms with Crippen molar-refractivity contribution in [3.63, 3.8) is 0 Å². The van der Waals surface area contributed by atoms with Crippen molar-refractivity contribution in [3.05, 3.63) is 42.5 Å². The first-order valence-corrected chi connectivity index (χ1v) is 5.87. The number of nitrogens with zero attached hydrogens (tertiary/aromatic N) is 2. The smallest absolute Gasteiger partial charge is 0.492 e. The average molecular weight is 269 g/mol. The molecule has 2 aromatic rings. The van der Waals surface area contributed by atoms with Crippen LogP contribution in [-0.2, 0) is 6.54 Å². The third-order valence-electron chi connectivity index (χ3n) is 2.76. The van der Waals surface area contributed by atoms with Crippen LogP contribution in [0.1, 0.15) is 5.82 Å². The molecule has 0 aliphatic rings. The second-order valence-electron chi connectivity index (χ2n) is 4.16. The number of hydrogen-bond acceptors (Lipinski definition) is 2. The molecular weight excluding hydrogens is 256 g/mol. The van der Waals surface area contributed by atoms with Gasteiger partial charge in [0.15, 0.2) is 0 Å². The second kappa shape index (κ2) is 5.38. The van der Waals surface area contributed by atoms with Crippen molar-refractivity contribution in [2.75, 3.05) is 6.61 Å². The highest BCUT2D eigenvalue weighted by atomic mass is 19.4. The molecular formula is C12H13BF3N2O-. The summed E-state index contributed by atoms with van der Waals surface area (Å²) in [5, 5.41) is 0. The SMILES string of the molecule is Cc1nccn1CCOc1cccc([B-](F)(F)F)c1. The molecule has 0 saturated carbocycles. The highest BCUT2D eigenvalue weighted by Gasteiger charge is 2.25. The molecule has 0 unspecified atom stereocenters. The first-order chi connectivity index (χ1) is 8.97. The Morgan fingerprint density at radius 3 is 2.74 bits per heavy atom. The second-order valence-corrected chi connectivity index (χ2v) is 4.16. The monoisotopic (exact) mass is 269 g/mol. The highest BCUT2D eigenvalue weighted by molar-refractivity contribution is 6.73. The Morgan fingerprint density at radius 1 is 1.32 bits per heavy atom. The summed E-state index contributed by atoms with van der Waals surface area (Å²) in [6, 6.07) is 4.95. The molecule has 0 spiro atoms. The van der Waals surface area contributed by atoms with Crippen molar-refractivity contribution in [2.24, 2.45) is 0 Å². The molecule has 102 valence electrons.